The Morgan fingerprint density at radius 1 is 1.16 bits per heavy atom. The van der Waals surface area contributed by atoms with Crippen molar-refractivity contribution >= 4 is 11.7 Å². The Bertz CT molecular complexity index is 564. The second-order valence-electron chi connectivity index (χ2n) is 4.62. The molecule has 0 aliphatic heterocycles. The van der Waals surface area contributed by atoms with Crippen molar-refractivity contribution in [3.05, 3.63) is 59.3 Å². The lowest BCUT2D eigenvalue weighted by Gasteiger charge is -2.11. The zero-order chi connectivity index (χ0) is 13.7. The van der Waals surface area contributed by atoms with Gasteiger partial charge in [-0.2, -0.15) is 0 Å². The van der Waals surface area contributed by atoms with Gasteiger partial charge in [0.2, 0.25) is 5.91 Å². The Morgan fingerprint density at radius 3 is 2.58 bits per heavy atom. The molecule has 1 amide bonds. The van der Waals surface area contributed by atoms with E-state index in [0.29, 0.717) is 5.82 Å². The minimum Gasteiger partial charge on any atom is -0.311 e. The van der Waals surface area contributed by atoms with Gasteiger partial charge in [-0.15, -0.1) is 0 Å². The predicted molar refractivity (Wildman–Crippen MR) is 77.1 cm³/mol. The second kappa shape index (κ2) is 6.14. The molecular formula is C16H18N2O. The zero-order valence-electron chi connectivity index (χ0n) is 11.3. The van der Waals surface area contributed by atoms with Crippen molar-refractivity contribution in [1.29, 1.82) is 0 Å². The van der Waals surface area contributed by atoms with Crippen molar-refractivity contribution in [3.8, 4) is 0 Å². The molecule has 0 unspecified atom stereocenters. The summed E-state index contributed by atoms with van der Waals surface area (Å²) in [7, 11) is 0. The first-order valence-electron chi connectivity index (χ1n) is 6.43. The number of hydrogen-bond donors (Lipinski definition) is 1. The average molecular weight is 254 g/mol. The number of carbonyl (C=O) groups is 1. The van der Waals surface area contributed by atoms with Crippen molar-refractivity contribution in [1.82, 2.24) is 4.98 Å². The molecule has 19 heavy (non-hydrogen) atoms. The minimum absolute atomic E-state index is 0.0842. The van der Waals surface area contributed by atoms with Crippen molar-refractivity contribution in [2.75, 3.05) is 5.32 Å². The highest BCUT2D eigenvalue weighted by molar-refractivity contribution is 5.88. The minimum atomic E-state index is -0.0842. The van der Waals surface area contributed by atoms with Gasteiger partial charge in [-0.25, -0.2) is 4.98 Å². The number of nitrogens with zero attached hydrogens (tertiary/aromatic N) is 1. The van der Waals surface area contributed by atoms with Crippen LogP contribution in [0.25, 0.3) is 0 Å². The lowest BCUT2D eigenvalue weighted by Crippen LogP contribution is -2.11. The summed E-state index contributed by atoms with van der Waals surface area (Å²) in [5, 5.41) is 2.80. The van der Waals surface area contributed by atoms with Crippen LogP contribution in [0.1, 0.15) is 23.6 Å². The van der Waals surface area contributed by atoms with E-state index < -0.39 is 0 Å². The second-order valence-corrected chi connectivity index (χ2v) is 4.62. The van der Waals surface area contributed by atoms with Crippen LogP contribution in [-0.2, 0) is 17.6 Å². The first-order valence-corrected chi connectivity index (χ1v) is 6.43. The molecule has 0 saturated carbocycles. The van der Waals surface area contributed by atoms with E-state index in [1.807, 2.05) is 31.2 Å². The smallest absolute Gasteiger partial charge is 0.222 e. The fraction of sp³-hybridized carbons (Fsp3) is 0.250. The van der Waals surface area contributed by atoms with Gasteiger partial charge in [0.15, 0.2) is 0 Å². The Labute approximate surface area is 113 Å². The van der Waals surface area contributed by atoms with E-state index in [9.17, 15) is 4.79 Å². The highest BCUT2D eigenvalue weighted by atomic mass is 16.1. The molecular weight excluding hydrogens is 236 g/mol. The van der Waals surface area contributed by atoms with Crippen molar-refractivity contribution in [3.63, 3.8) is 0 Å². The van der Waals surface area contributed by atoms with E-state index in [1.165, 1.54) is 12.5 Å². The summed E-state index contributed by atoms with van der Waals surface area (Å²) in [6.07, 6.45) is 3.55. The predicted octanol–water partition coefficient (Wildman–Crippen LogP) is 3.13. The van der Waals surface area contributed by atoms with E-state index >= 15 is 0 Å². The van der Waals surface area contributed by atoms with E-state index in [-0.39, 0.29) is 5.91 Å². The maximum Gasteiger partial charge on any atom is 0.222 e. The van der Waals surface area contributed by atoms with Gasteiger partial charge in [0, 0.05) is 13.1 Å². The Kier molecular flexibility index (Phi) is 4.29. The number of nitrogens with one attached hydrogen (secondary N) is 1. The van der Waals surface area contributed by atoms with Gasteiger partial charge in [0.05, 0.1) is 0 Å². The van der Waals surface area contributed by atoms with Gasteiger partial charge in [0.1, 0.15) is 5.82 Å². The van der Waals surface area contributed by atoms with Crippen LogP contribution in [0.5, 0.6) is 0 Å². The number of carbonyl (C=O) groups excluding carboxylic acids is 1. The van der Waals surface area contributed by atoms with Crippen LogP contribution in [0.15, 0.2) is 42.6 Å². The molecule has 0 radical (unpaired) electrons. The maximum absolute atomic E-state index is 11.2. The summed E-state index contributed by atoms with van der Waals surface area (Å²) >= 11 is 0. The summed E-state index contributed by atoms with van der Waals surface area (Å²) in [5.74, 6) is 0.600. The van der Waals surface area contributed by atoms with Gasteiger partial charge < -0.3 is 5.32 Å². The molecule has 1 N–H and O–H groups in total. The van der Waals surface area contributed by atoms with Crippen molar-refractivity contribution in [2.45, 2.75) is 26.7 Å². The largest absolute Gasteiger partial charge is 0.311 e. The normalized spacial score (nSPS) is 10.2. The summed E-state index contributed by atoms with van der Waals surface area (Å²) in [5.41, 5.74) is 3.57. The molecule has 0 aliphatic rings. The molecule has 3 heteroatoms. The van der Waals surface area contributed by atoms with Gasteiger partial charge >= 0.3 is 0 Å². The number of pyridine rings is 1. The Hall–Kier alpha value is -2.16. The molecule has 0 fully saturated rings. The van der Waals surface area contributed by atoms with E-state index in [2.05, 4.69) is 22.4 Å². The molecule has 2 rings (SSSR count). The maximum atomic E-state index is 11.2. The third-order valence-corrected chi connectivity index (χ3v) is 3.09. The van der Waals surface area contributed by atoms with E-state index in [4.69, 9.17) is 0 Å². The summed E-state index contributed by atoms with van der Waals surface area (Å²) < 4.78 is 0. The first kappa shape index (κ1) is 13.3. The standard InChI is InChI=1S/C16H18N2O/c1-12-10-11-17-16(18-13(2)19)15(12)9-8-14-6-4-3-5-7-14/h3-7,10-11H,8-9H2,1-2H3,(H,17,18,19). The van der Waals surface area contributed by atoms with Crippen LogP contribution in [0, 0.1) is 6.92 Å². The van der Waals surface area contributed by atoms with Crippen LogP contribution in [-0.4, -0.2) is 10.9 Å². The van der Waals surface area contributed by atoms with Gasteiger partial charge in [-0.1, -0.05) is 30.3 Å². The van der Waals surface area contributed by atoms with E-state index in [1.54, 1.807) is 6.20 Å². The molecule has 3 nitrogen and oxygen atoms in total. The van der Waals surface area contributed by atoms with Crippen LogP contribution >= 0.6 is 0 Å². The van der Waals surface area contributed by atoms with Crippen LogP contribution in [0.3, 0.4) is 0 Å². The lowest BCUT2D eigenvalue weighted by atomic mass is 10.0. The number of rotatable bonds is 4. The Balaban J connectivity index is 2.17. The summed E-state index contributed by atoms with van der Waals surface area (Å²) in [6, 6.07) is 12.3. The molecule has 1 heterocycles. The quantitative estimate of drug-likeness (QED) is 0.910. The molecule has 0 bridgehead atoms. The fourth-order valence-electron chi connectivity index (χ4n) is 2.09. The van der Waals surface area contributed by atoms with Gasteiger partial charge in [-0.3, -0.25) is 4.79 Å². The molecule has 0 spiro atoms. The van der Waals surface area contributed by atoms with Crippen LogP contribution in [0.4, 0.5) is 5.82 Å². The fourth-order valence-corrected chi connectivity index (χ4v) is 2.09. The number of hydrogen-bond acceptors (Lipinski definition) is 2. The van der Waals surface area contributed by atoms with Crippen molar-refractivity contribution in [2.24, 2.45) is 0 Å². The third kappa shape index (κ3) is 3.65. The molecule has 98 valence electrons. The molecule has 0 saturated heterocycles. The monoisotopic (exact) mass is 254 g/mol. The highest BCUT2D eigenvalue weighted by Crippen LogP contribution is 2.19. The van der Waals surface area contributed by atoms with Crippen molar-refractivity contribution < 1.29 is 4.79 Å². The molecule has 1 aromatic heterocycles. The molecule has 2 aromatic rings. The van der Waals surface area contributed by atoms with Crippen LogP contribution in [0.2, 0.25) is 0 Å². The number of anilines is 1. The van der Waals surface area contributed by atoms with Gasteiger partial charge in [0.25, 0.3) is 0 Å². The lowest BCUT2D eigenvalue weighted by molar-refractivity contribution is -0.114. The molecule has 0 aliphatic carbocycles. The SMILES string of the molecule is CC(=O)Nc1nccc(C)c1CCc1ccccc1. The van der Waals surface area contributed by atoms with Crippen LogP contribution < -0.4 is 5.32 Å². The summed E-state index contributed by atoms with van der Waals surface area (Å²) in [6.45, 7) is 3.55. The third-order valence-electron chi connectivity index (χ3n) is 3.09. The number of aryl methyl sites for hydroxylation is 2. The molecule has 1 aromatic carbocycles. The Morgan fingerprint density at radius 2 is 1.89 bits per heavy atom. The van der Waals surface area contributed by atoms with E-state index in [0.717, 1.165) is 24.0 Å². The summed E-state index contributed by atoms with van der Waals surface area (Å²) in [4.78, 5) is 15.5. The number of aromatic nitrogens is 1. The highest BCUT2D eigenvalue weighted by Gasteiger charge is 2.08. The zero-order valence-corrected chi connectivity index (χ0v) is 11.3. The first-order chi connectivity index (χ1) is 9.16. The van der Waals surface area contributed by atoms with Gasteiger partial charge in [-0.05, 0) is 42.5 Å². The average Bonchev–Trinajstić information content (AvgIpc) is 2.38. The topological polar surface area (TPSA) is 42.0 Å². The number of benzene rings is 1. The number of amides is 1. The molecule has 0 atom stereocenters.